The normalized spacial score (nSPS) is 12.8. The Kier molecular flexibility index (Phi) is 10.1. The molecule has 0 saturated heterocycles. The van der Waals surface area contributed by atoms with Crippen molar-refractivity contribution in [3.63, 3.8) is 0 Å². The number of carbonyl (C=O) groups excluding carboxylic acids is 4. The number of benzene rings is 2. The predicted octanol–water partition coefficient (Wildman–Crippen LogP) is 2.82. The largest absolute Gasteiger partial charge is 0.474 e. The third-order valence-corrected chi connectivity index (χ3v) is 6.04. The molecule has 0 spiro atoms. The van der Waals surface area contributed by atoms with Gasteiger partial charge in [0, 0.05) is 12.5 Å². The van der Waals surface area contributed by atoms with Gasteiger partial charge in [0.2, 0.25) is 0 Å². The van der Waals surface area contributed by atoms with Crippen molar-refractivity contribution >= 4 is 30.0 Å². The number of carboxylic acid groups (broad SMARTS) is 1. The number of ether oxygens (including phenoxy) is 2. The van der Waals surface area contributed by atoms with E-state index in [4.69, 9.17) is 14.6 Å². The number of hydrazine groups is 1. The summed E-state index contributed by atoms with van der Waals surface area (Å²) in [4.78, 5) is 59.4. The van der Waals surface area contributed by atoms with Gasteiger partial charge in [-0.15, -0.1) is 0 Å². The fourth-order valence-corrected chi connectivity index (χ4v) is 4.30. The van der Waals surface area contributed by atoms with E-state index >= 15 is 0 Å². The molecule has 0 saturated carbocycles. The Morgan fingerprint density at radius 3 is 2.05 bits per heavy atom. The lowest BCUT2D eigenvalue weighted by Gasteiger charge is -2.20. The number of carbonyl (C=O) groups is 5. The van der Waals surface area contributed by atoms with Crippen LogP contribution in [0.3, 0.4) is 0 Å². The molecule has 0 heterocycles. The summed E-state index contributed by atoms with van der Waals surface area (Å²) in [5, 5.41) is 13.6. The molecule has 0 bridgehead atoms. The lowest BCUT2D eigenvalue weighted by molar-refractivity contribution is -0.151. The van der Waals surface area contributed by atoms with Gasteiger partial charge in [0.15, 0.2) is 0 Å². The van der Waals surface area contributed by atoms with Crippen molar-refractivity contribution in [1.82, 2.24) is 21.5 Å². The van der Waals surface area contributed by atoms with E-state index in [0.717, 1.165) is 22.3 Å². The molecule has 4 amide bonds. The highest BCUT2D eigenvalue weighted by Crippen LogP contribution is 2.44. The maximum Gasteiger partial charge on any atom is 0.426 e. The van der Waals surface area contributed by atoms with Crippen LogP contribution in [0.4, 0.5) is 9.59 Å². The summed E-state index contributed by atoms with van der Waals surface area (Å²) in [6, 6.07) is 14.4. The van der Waals surface area contributed by atoms with E-state index in [9.17, 15) is 24.0 Å². The van der Waals surface area contributed by atoms with Crippen LogP contribution < -0.4 is 21.5 Å². The van der Waals surface area contributed by atoms with Crippen LogP contribution >= 0.6 is 0 Å². The topological polar surface area (TPSA) is 172 Å². The Hall–Kier alpha value is -4.61. The van der Waals surface area contributed by atoms with Crippen LogP contribution in [-0.2, 0) is 23.9 Å². The monoisotopic (exact) mass is 554 g/mol. The molecule has 12 heteroatoms. The zero-order valence-electron chi connectivity index (χ0n) is 22.6. The van der Waals surface area contributed by atoms with Gasteiger partial charge >= 0.3 is 24.1 Å². The van der Waals surface area contributed by atoms with Crippen molar-refractivity contribution in [3.05, 3.63) is 59.7 Å². The average Bonchev–Trinajstić information content (AvgIpc) is 3.22. The second-order valence-electron chi connectivity index (χ2n) is 10.2. The van der Waals surface area contributed by atoms with Crippen molar-refractivity contribution in [2.45, 2.75) is 57.6 Å². The quantitative estimate of drug-likeness (QED) is 0.179. The molecular formula is C28H34N4O8. The molecule has 0 aliphatic heterocycles. The highest BCUT2D eigenvalue weighted by Gasteiger charge is 2.29. The number of nitrogens with one attached hydrogen (secondary N) is 4. The van der Waals surface area contributed by atoms with E-state index in [-0.39, 0.29) is 25.5 Å². The molecule has 214 valence electrons. The maximum atomic E-state index is 12.6. The van der Waals surface area contributed by atoms with Gasteiger partial charge in [-0.25, -0.2) is 19.8 Å². The molecule has 5 N–H and O–H groups in total. The van der Waals surface area contributed by atoms with Crippen LogP contribution in [0, 0.1) is 0 Å². The first kappa shape index (κ1) is 29.9. The smallest absolute Gasteiger partial charge is 0.426 e. The van der Waals surface area contributed by atoms with Crippen LogP contribution in [0.1, 0.15) is 57.1 Å². The highest BCUT2D eigenvalue weighted by atomic mass is 16.6. The maximum absolute atomic E-state index is 12.6. The van der Waals surface area contributed by atoms with Gasteiger partial charge in [0.1, 0.15) is 18.2 Å². The fourth-order valence-electron chi connectivity index (χ4n) is 4.30. The molecule has 1 unspecified atom stereocenters. The zero-order valence-corrected chi connectivity index (χ0v) is 22.6. The molecule has 2 aromatic rings. The lowest BCUT2D eigenvalue weighted by atomic mass is 9.98. The van der Waals surface area contributed by atoms with Crippen molar-refractivity contribution in [1.29, 1.82) is 0 Å². The number of hydrogen-bond acceptors (Lipinski definition) is 7. The Bertz CT molecular complexity index is 1210. The number of carboxylic acids is 1. The molecule has 0 radical (unpaired) electrons. The van der Waals surface area contributed by atoms with E-state index < -0.39 is 41.6 Å². The van der Waals surface area contributed by atoms with Crippen LogP contribution in [-0.4, -0.2) is 59.9 Å². The van der Waals surface area contributed by atoms with Gasteiger partial charge in [-0.1, -0.05) is 48.5 Å². The Balaban J connectivity index is 1.48. The summed E-state index contributed by atoms with van der Waals surface area (Å²) in [6.07, 6.45) is -0.689. The molecule has 12 nitrogen and oxygen atoms in total. The molecule has 0 fully saturated rings. The van der Waals surface area contributed by atoms with Crippen LogP contribution in [0.5, 0.6) is 0 Å². The molecule has 0 aromatic heterocycles. The van der Waals surface area contributed by atoms with E-state index in [2.05, 4.69) is 21.5 Å². The zero-order chi connectivity index (χ0) is 29.3. The van der Waals surface area contributed by atoms with Gasteiger partial charge in [0.05, 0.1) is 0 Å². The van der Waals surface area contributed by atoms with E-state index in [1.807, 2.05) is 48.5 Å². The fraction of sp³-hybridized carbons (Fsp3) is 0.393. The number of fused-ring (bicyclic) bond motifs is 3. The first-order valence-corrected chi connectivity index (χ1v) is 12.9. The summed E-state index contributed by atoms with van der Waals surface area (Å²) in [7, 11) is 0. The summed E-state index contributed by atoms with van der Waals surface area (Å²) in [6.45, 7) is 5.47. The Morgan fingerprint density at radius 1 is 0.875 bits per heavy atom. The molecular weight excluding hydrogens is 520 g/mol. The third kappa shape index (κ3) is 8.45. The molecule has 1 aliphatic rings. The minimum absolute atomic E-state index is 0.0273. The minimum atomic E-state index is -1.76. The lowest BCUT2D eigenvalue weighted by Crippen LogP contribution is -2.53. The van der Waals surface area contributed by atoms with E-state index in [1.165, 1.54) is 0 Å². The standard InChI is InChI=1S/C28H34N4O8/c1-28(2,3)40-26(37)29-15-9-8-14-22(30-24(34)25(35)36)23(33)31-32-27(38)39-16-21-19-12-6-4-10-17(19)18-11-5-7-13-20(18)21/h4-7,10-13,21-22H,8-9,14-16H2,1-3H3,(H,29,37)(H,30,34)(H,31,33)(H,32,38)(H,35,36). The number of alkyl carbamates (subject to hydrolysis) is 1. The Labute approximate surface area is 231 Å². The van der Waals surface area contributed by atoms with E-state index in [0.29, 0.717) is 12.8 Å². The number of amides is 4. The average molecular weight is 555 g/mol. The summed E-state index contributed by atoms with van der Waals surface area (Å²) >= 11 is 0. The highest BCUT2D eigenvalue weighted by molar-refractivity contribution is 6.32. The van der Waals surface area contributed by atoms with Crippen LogP contribution in [0.2, 0.25) is 0 Å². The molecule has 2 aromatic carbocycles. The first-order chi connectivity index (χ1) is 19.0. The van der Waals surface area contributed by atoms with Gasteiger partial charge in [0.25, 0.3) is 5.91 Å². The molecule has 1 aliphatic carbocycles. The minimum Gasteiger partial charge on any atom is -0.474 e. The summed E-state index contributed by atoms with van der Waals surface area (Å²) in [5.41, 5.74) is 7.85. The summed E-state index contributed by atoms with van der Waals surface area (Å²) < 4.78 is 10.5. The van der Waals surface area contributed by atoms with Gasteiger partial charge in [-0.2, -0.15) is 0 Å². The second kappa shape index (κ2) is 13.5. The van der Waals surface area contributed by atoms with Crippen molar-refractivity contribution < 1.29 is 38.6 Å². The second-order valence-corrected chi connectivity index (χ2v) is 10.2. The predicted molar refractivity (Wildman–Crippen MR) is 144 cm³/mol. The summed E-state index contributed by atoms with van der Waals surface area (Å²) in [5.74, 6) is -4.13. The number of hydrogen-bond donors (Lipinski definition) is 5. The van der Waals surface area contributed by atoms with Crippen molar-refractivity contribution in [2.75, 3.05) is 13.2 Å². The number of rotatable bonds is 9. The Morgan fingerprint density at radius 2 is 1.48 bits per heavy atom. The molecule has 3 rings (SSSR count). The molecule has 40 heavy (non-hydrogen) atoms. The van der Waals surface area contributed by atoms with Crippen LogP contribution in [0.15, 0.2) is 48.5 Å². The van der Waals surface area contributed by atoms with Gasteiger partial charge < -0.3 is 25.2 Å². The van der Waals surface area contributed by atoms with Crippen molar-refractivity contribution in [3.8, 4) is 11.1 Å². The van der Waals surface area contributed by atoms with Gasteiger partial charge in [-0.3, -0.25) is 15.0 Å². The number of unbranched alkanes of at least 4 members (excludes halogenated alkanes) is 1. The number of aliphatic carboxylic acids is 1. The molecule has 1 atom stereocenters. The van der Waals surface area contributed by atoms with E-state index in [1.54, 1.807) is 20.8 Å². The third-order valence-electron chi connectivity index (χ3n) is 6.04. The van der Waals surface area contributed by atoms with Gasteiger partial charge in [-0.05, 0) is 62.3 Å². The SMILES string of the molecule is CC(C)(C)OC(=O)NCCCCC(NC(=O)C(=O)O)C(=O)NNC(=O)OCC1c2ccccc2-c2ccccc21. The van der Waals surface area contributed by atoms with Crippen molar-refractivity contribution in [2.24, 2.45) is 0 Å². The first-order valence-electron chi connectivity index (χ1n) is 12.9. The van der Waals surface area contributed by atoms with Crippen LogP contribution in [0.25, 0.3) is 11.1 Å².